The topological polar surface area (TPSA) is 36.9 Å². The van der Waals surface area contributed by atoms with Crippen molar-refractivity contribution in [2.75, 3.05) is 20.8 Å². The van der Waals surface area contributed by atoms with Gasteiger partial charge in [-0.2, -0.15) is 0 Å². The van der Waals surface area contributed by atoms with Gasteiger partial charge in [0.25, 0.3) is 0 Å². The molecule has 0 atom stereocenters. The van der Waals surface area contributed by atoms with Crippen LogP contribution in [0.5, 0.6) is 28.7 Å². The van der Waals surface area contributed by atoms with E-state index in [0.29, 0.717) is 29.6 Å². The van der Waals surface area contributed by atoms with Crippen LogP contribution in [0.2, 0.25) is 0 Å². The molecule has 0 saturated carbocycles. The van der Waals surface area contributed by atoms with Gasteiger partial charge in [0, 0.05) is 0 Å². The molecule has 0 spiro atoms. The van der Waals surface area contributed by atoms with Crippen LogP contribution in [0.4, 0.5) is 0 Å². The lowest BCUT2D eigenvalue weighted by Crippen LogP contribution is -2.01. The predicted octanol–water partition coefficient (Wildman–Crippen LogP) is 5.80. The van der Waals surface area contributed by atoms with Crippen molar-refractivity contribution in [2.24, 2.45) is 0 Å². The Hall–Kier alpha value is -2.36. The molecule has 2 aromatic carbocycles. The van der Waals surface area contributed by atoms with Crippen LogP contribution in [0.1, 0.15) is 44.7 Å². The van der Waals surface area contributed by atoms with E-state index in [1.807, 2.05) is 31.2 Å². The second-order valence-corrected chi connectivity index (χ2v) is 6.15. The van der Waals surface area contributed by atoms with Crippen molar-refractivity contribution in [3.63, 3.8) is 0 Å². The zero-order valence-corrected chi connectivity index (χ0v) is 16.6. The van der Waals surface area contributed by atoms with Gasteiger partial charge in [0.1, 0.15) is 0 Å². The van der Waals surface area contributed by atoms with Crippen LogP contribution in [-0.4, -0.2) is 20.8 Å². The number of ether oxygens (including phenoxy) is 4. The van der Waals surface area contributed by atoms with Gasteiger partial charge in [0.2, 0.25) is 5.75 Å². The predicted molar refractivity (Wildman–Crippen MR) is 105 cm³/mol. The van der Waals surface area contributed by atoms with Crippen molar-refractivity contribution < 1.29 is 18.9 Å². The van der Waals surface area contributed by atoms with Crippen molar-refractivity contribution in [3.8, 4) is 28.7 Å². The SMILES string of the molecule is CCCc1ccc(Oc2cc(CCC)cc(OC)c2OCC)c(OC)c1. The lowest BCUT2D eigenvalue weighted by atomic mass is 10.1. The van der Waals surface area contributed by atoms with Gasteiger partial charge >= 0.3 is 0 Å². The maximum absolute atomic E-state index is 6.22. The molecule has 142 valence electrons. The zero-order valence-electron chi connectivity index (χ0n) is 16.6. The first-order valence-electron chi connectivity index (χ1n) is 9.35. The normalized spacial score (nSPS) is 10.5. The van der Waals surface area contributed by atoms with E-state index >= 15 is 0 Å². The van der Waals surface area contributed by atoms with Crippen molar-refractivity contribution >= 4 is 0 Å². The number of methoxy groups -OCH3 is 2. The summed E-state index contributed by atoms with van der Waals surface area (Å²) in [6, 6.07) is 10.1. The fourth-order valence-corrected chi connectivity index (χ4v) is 2.94. The Balaban J connectivity index is 2.44. The van der Waals surface area contributed by atoms with Gasteiger partial charge in [0.05, 0.1) is 20.8 Å². The monoisotopic (exact) mass is 358 g/mol. The highest BCUT2D eigenvalue weighted by atomic mass is 16.5. The quantitative estimate of drug-likeness (QED) is 0.538. The molecule has 0 unspecified atom stereocenters. The first-order chi connectivity index (χ1) is 12.7. The van der Waals surface area contributed by atoms with Gasteiger partial charge in [-0.25, -0.2) is 0 Å². The second-order valence-electron chi connectivity index (χ2n) is 6.15. The van der Waals surface area contributed by atoms with Crippen LogP contribution in [0, 0.1) is 0 Å². The summed E-state index contributed by atoms with van der Waals surface area (Å²) in [6.45, 7) is 6.80. The number of aryl methyl sites for hydroxylation is 2. The van der Waals surface area contributed by atoms with E-state index in [9.17, 15) is 0 Å². The van der Waals surface area contributed by atoms with Gasteiger partial charge < -0.3 is 18.9 Å². The molecule has 0 radical (unpaired) electrons. The summed E-state index contributed by atoms with van der Waals surface area (Å²) >= 11 is 0. The first kappa shape index (κ1) is 20.0. The molecular weight excluding hydrogens is 328 g/mol. The smallest absolute Gasteiger partial charge is 0.204 e. The van der Waals surface area contributed by atoms with Crippen LogP contribution in [0.3, 0.4) is 0 Å². The molecule has 0 aromatic heterocycles. The van der Waals surface area contributed by atoms with E-state index in [-0.39, 0.29) is 0 Å². The van der Waals surface area contributed by atoms with E-state index < -0.39 is 0 Å². The summed E-state index contributed by atoms with van der Waals surface area (Å²) in [5, 5.41) is 0. The van der Waals surface area contributed by atoms with E-state index in [4.69, 9.17) is 18.9 Å². The Labute approximate surface area is 157 Å². The summed E-state index contributed by atoms with van der Waals surface area (Å²) < 4.78 is 23.1. The maximum Gasteiger partial charge on any atom is 0.204 e. The summed E-state index contributed by atoms with van der Waals surface area (Å²) in [4.78, 5) is 0. The van der Waals surface area contributed by atoms with Crippen molar-refractivity contribution in [1.29, 1.82) is 0 Å². The average Bonchev–Trinajstić information content (AvgIpc) is 2.65. The van der Waals surface area contributed by atoms with Gasteiger partial charge in [-0.3, -0.25) is 0 Å². The van der Waals surface area contributed by atoms with Gasteiger partial charge in [-0.15, -0.1) is 0 Å². The molecule has 0 saturated heterocycles. The molecule has 2 rings (SSSR count). The van der Waals surface area contributed by atoms with Gasteiger partial charge in [0.15, 0.2) is 23.0 Å². The molecule has 4 heteroatoms. The molecule has 26 heavy (non-hydrogen) atoms. The molecule has 0 aliphatic rings. The largest absolute Gasteiger partial charge is 0.493 e. The highest BCUT2D eigenvalue weighted by Crippen LogP contribution is 2.43. The summed E-state index contributed by atoms with van der Waals surface area (Å²) in [5.41, 5.74) is 2.39. The van der Waals surface area contributed by atoms with E-state index in [2.05, 4.69) is 19.9 Å². The Morgan fingerprint density at radius 1 is 0.692 bits per heavy atom. The molecule has 0 N–H and O–H groups in total. The van der Waals surface area contributed by atoms with Gasteiger partial charge in [-0.1, -0.05) is 32.8 Å². The van der Waals surface area contributed by atoms with Crippen molar-refractivity contribution in [1.82, 2.24) is 0 Å². The molecule has 0 heterocycles. The highest BCUT2D eigenvalue weighted by Gasteiger charge is 2.17. The van der Waals surface area contributed by atoms with Crippen molar-refractivity contribution in [2.45, 2.75) is 46.5 Å². The maximum atomic E-state index is 6.22. The fourth-order valence-electron chi connectivity index (χ4n) is 2.94. The standard InChI is InChI=1S/C22H30O4/c1-6-9-16-11-12-18(19(13-16)23-4)26-21-15-17(10-7-2)14-20(24-5)22(21)25-8-3/h11-15H,6-10H2,1-5H3. The van der Waals surface area contributed by atoms with E-state index in [1.165, 1.54) is 5.56 Å². The molecule has 0 amide bonds. The Morgan fingerprint density at radius 2 is 1.31 bits per heavy atom. The fraction of sp³-hybridized carbons (Fsp3) is 0.455. The van der Waals surface area contributed by atoms with Crippen LogP contribution in [0.15, 0.2) is 30.3 Å². The van der Waals surface area contributed by atoms with Crippen LogP contribution >= 0.6 is 0 Å². The third kappa shape index (κ3) is 4.84. The molecule has 0 aliphatic heterocycles. The van der Waals surface area contributed by atoms with Crippen molar-refractivity contribution in [3.05, 3.63) is 41.5 Å². The Morgan fingerprint density at radius 3 is 1.92 bits per heavy atom. The zero-order chi connectivity index (χ0) is 18.9. The minimum atomic E-state index is 0.534. The highest BCUT2D eigenvalue weighted by molar-refractivity contribution is 5.56. The summed E-state index contributed by atoms with van der Waals surface area (Å²) in [6.07, 6.45) is 4.10. The molecule has 0 fully saturated rings. The molecular formula is C22H30O4. The number of hydrogen-bond donors (Lipinski definition) is 0. The lowest BCUT2D eigenvalue weighted by molar-refractivity contribution is 0.292. The lowest BCUT2D eigenvalue weighted by Gasteiger charge is -2.18. The Bertz CT molecular complexity index is 710. The average molecular weight is 358 g/mol. The number of hydrogen-bond acceptors (Lipinski definition) is 4. The third-order valence-electron chi connectivity index (χ3n) is 4.11. The van der Waals surface area contributed by atoms with E-state index in [0.717, 1.165) is 37.0 Å². The number of rotatable bonds is 10. The molecule has 0 aliphatic carbocycles. The minimum absolute atomic E-state index is 0.534. The minimum Gasteiger partial charge on any atom is -0.493 e. The molecule has 2 aromatic rings. The number of benzene rings is 2. The van der Waals surface area contributed by atoms with E-state index in [1.54, 1.807) is 14.2 Å². The molecule has 4 nitrogen and oxygen atoms in total. The van der Waals surface area contributed by atoms with Crippen LogP contribution < -0.4 is 18.9 Å². The second kappa shape index (κ2) is 9.95. The first-order valence-corrected chi connectivity index (χ1v) is 9.35. The molecule has 0 bridgehead atoms. The van der Waals surface area contributed by atoms with Gasteiger partial charge in [-0.05, 0) is 55.2 Å². The summed E-state index contributed by atoms with van der Waals surface area (Å²) in [5.74, 6) is 3.35. The van der Waals surface area contributed by atoms with Crippen LogP contribution in [0.25, 0.3) is 0 Å². The summed E-state index contributed by atoms with van der Waals surface area (Å²) in [7, 11) is 3.31. The Kier molecular flexibility index (Phi) is 7.64. The van der Waals surface area contributed by atoms with Crippen LogP contribution in [-0.2, 0) is 12.8 Å². The third-order valence-corrected chi connectivity index (χ3v) is 4.11.